The third kappa shape index (κ3) is 2.18. The fourth-order valence-corrected chi connectivity index (χ4v) is 1.50. The standard InChI is InChI=1S/C9H10ClNO2/c1-2-4-7-5-3-6-8(10)9(7)11(12)13/h3,5-6H,2,4H2,1H3. The zero-order valence-electron chi connectivity index (χ0n) is 7.29. The van der Waals surface area contributed by atoms with Crippen molar-refractivity contribution in [1.29, 1.82) is 0 Å². The average molecular weight is 200 g/mol. The number of nitro groups is 1. The predicted molar refractivity (Wildman–Crippen MR) is 52.1 cm³/mol. The van der Waals surface area contributed by atoms with Crippen LogP contribution in [0.5, 0.6) is 0 Å². The molecule has 0 saturated carbocycles. The van der Waals surface area contributed by atoms with Crippen molar-refractivity contribution in [3.8, 4) is 0 Å². The van der Waals surface area contributed by atoms with Gasteiger partial charge in [0.25, 0.3) is 5.69 Å². The Hall–Kier alpha value is -1.09. The number of nitrogens with zero attached hydrogens (tertiary/aromatic N) is 1. The maximum Gasteiger partial charge on any atom is 0.291 e. The normalized spacial score (nSPS) is 10.0. The lowest BCUT2D eigenvalue weighted by molar-refractivity contribution is -0.385. The lowest BCUT2D eigenvalue weighted by atomic mass is 10.1. The number of nitro benzene ring substituents is 1. The van der Waals surface area contributed by atoms with Gasteiger partial charge in [-0.15, -0.1) is 0 Å². The zero-order valence-corrected chi connectivity index (χ0v) is 8.04. The Balaban J connectivity index is 3.17. The summed E-state index contributed by atoms with van der Waals surface area (Å²) in [5.41, 5.74) is 0.756. The van der Waals surface area contributed by atoms with Crippen LogP contribution in [0.15, 0.2) is 18.2 Å². The van der Waals surface area contributed by atoms with Gasteiger partial charge in [0, 0.05) is 5.56 Å². The highest BCUT2D eigenvalue weighted by Gasteiger charge is 2.16. The average Bonchev–Trinajstić information content (AvgIpc) is 2.04. The van der Waals surface area contributed by atoms with E-state index in [0.717, 1.165) is 6.42 Å². The van der Waals surface area contributed by atoms with Gasteiger partial charge in [0.2, 0.25) is 0 Å². The summed E-state index contributed by atoms with van der Waals surface area (Å²) in [5.74, 6) is 0. The van der Waals surface area contributed by atoms with Crippen molar-refractivity contribution >= 4 is 17.3 Å². The second-order valence-corrected chi connectivity index (χ2v) is 3.16. The van der Waals surface area contributed by atoms with Crippen molar-refractivity contribution in [2.45, 2.75) is 19.8 Å². The first-order valence-corrected chi connectivity index (χ1v) is 4.46. The molecule has 3 nitrogen and oxygen atoms in total. The Morgan fingerprint density at radius 2 is 2.23 bits per heavy atom. The van der Waals surface area contributed by atoms with Gasteiger partial charge in [-0.25, -0.2) is 0 Å². The van der Waals surface area contributed by atoms with Crippen LogP contribution < -0.4 is 0 Å². The Labute approximate surface area is 81.5 Å². The molecule has 0 bridgehead atoms. The molecular formula is C9H10ClNO2. The van der Waals surface area contributed by atoms with Gasteiger partial charge >= 0.3 is 0 Å². The van der Waals surface area contributed by atoms with Crippen molar-refractivity contribution in [1.82, 2.24) is 0 Å². The van der Waals surface area contributed by atoms with E-state index in [1.165, 1.54) is 0 Å². The topological polar surface area (TPSA) is 43.1 Å². The molecule has 0 spiro atoms. The maximum atomic E-state index is 10.6. The van der Waals surface area contributed by atoms with Crippen LogP contribution in [0.4, 0.5) is 5.69 Å². The van der Waals surface area contributed by atoms with Gasteiger partial charge in [-0.2, -0.15) is 0 Å². The van der Waals surface area contributed by atoms with Gasteiger partial charge in [0.05, 0.1) is 4.92 Å². The number of hydrogen-bond donors (Lipinski definition) is 0. The molecule has 0 N–H and O–H groups in total. The van der Waals surface area contributed by atoms with Crippen molar-refractivity contribution in [3.63, 3.8) is 0 Å². The lowest BCUT2D eigenvalue weighted by Gasteiger charge is -2.01. The molecule has 0 aliphatic heterocycles. The Kier molecular flexibility index (Phi) is 3.25. The molecule has 0 atom stereocenters. The molecule has 4 heteroatoms. The third-order valence-corrected chi connectivity index (χ3v) is 2.08. The van der Waals surface area contributed by atoms with Crippen LogP contribution in [0, 0.1) is 10.1 Å². The fourth-order valence-electron chi connectivity index (χ4n) is 1.24. The van der Waals surface area contributed by atoms with Crippen LogP contribution in [-0.2, 0) is 6.42 Å². The smallest absolute Gasteiger partial charge is 0.258 e. The minimum Gasteiger partial charge on any atom is -0.258 e. The minimum absolute atomic E-state index is 0.0472. The summed E-state index contributed by atoms with van der Waals surface area (Å²) in [7, 11) is 0. The number of para-hydroxylation sites is 1. The molecule has 70 valence electrons. The molecule has 0 saturated heterocycles. The van der Waals surface area contributed by atoms with Gasteiger partial charge in [-0.1, -0.05) is 37.1 Å². The van der Waals surface area contributed by atoms with Crippen molar-refractivity contribution < 1.29 is 4.92 Å². The van der Waals surface area contributed by atoms with E-state index in [2.05, 4.69) is 0 Å². The maximum absolute atomic E-state index is 10.6. The third-order valence-electron chi connectivity index (χ3n) is 1.77. The summed E-state index contributed by atoms with van der Waals surface area (Å²) < 4.78 is 0. The van der Waals surface area contributed by atoms with E-state index >= 15 is 0 Å². The summed E-state index contributed by atoms with van der Waals surface area (Å²) >= 11 is 5.72. The van der Waals surface area contributed by atoms with Crippen LogP contribution >= 0.6 is 11.6 Å². The van der Waals surface area contributed by atoms with Crippen molar-refractivity contribution in [2.75, 3.05) is 0 Å². The summed E-state index contributed by atoms with van der Waals surface area (Å²) in [6.07, 6.45) is 1.57. The van der Waals surface area contributed by atoms with Crippen molar-refractivity contribution in [3.05, 3.63) is 38.9 Å². The molecule has 0 radical (unpaired) electrons. The van der Waals surface area contributed by atoms with Gasteiger partial charge in [0.1, 0.15) is 5.02 Å². The molecule has 0 aromatic heterocycles. The van der Waals surface area contributed by atoms with Crippen LogP contribution in [0.3, 0.4) is 0 Å². The highest BCUT2D eigenvalue weighted by Crippen LogP contribution is 2.28. The first-order chi connectivity index (χ1) is 6.16. The second-order valence-electron chi connectivity index (χ2n) is 2.75. The van der Waals surface area contributed by atoms with Crippen molar-refractivity contribution in [2.24, 2.45) is 0 Å². The van der Waals surface area contributed by atoms with E-state index in [-0.39, 0.29) is 10.7 Å². The predicted octanol–water partition coefficient (Wildman–Crippen LogP) is 3.20. The van der Waals surface area contributed by atoms with Crippen LogP contribution in [0.25, 0.3) is 0 Å². The Bertz CT molecular complexity index is 325. The van der Waals surface area contributed by atoms with E-state index in [0.29, 0.717) is 12.0 Å². The number of halogens is 1. The Morgan fingerprint density at radius 1 is 1.54 bits per heavy atom. The molecule has 1 rings (SSSR count). The monoisotopic (exact) mass is 199 g/mol. The zero-order chi connectivity index (χ0) is 9.84. The van der Waals surface area contributed by atoms with E-state index in [4.69, 9.17) is 11.6 Å². The first-order valence-electron chi connectivity index (χ1n) is 4.08. The first kappa shape index (κ1) is 9.99. The van der Waals surface area contributed by atoms with Crippen LogP contribution in [0.1, 0.15) is 18.9 Å². The minimum atomic E-state index is -0.423. The van der Waals surface area contributed by atoms with Gasteiger partial charge in [0.15, 0.2) is 0 Å². The molecule has 0 amide bonds. The molecule has 0 unspecified atom stereocenters. The van der Waals surface area contributed by atoms with E-state index in [1.54, 1.807) is 18.2 Å². The number of aryl methyl sites for hydroxylation is 1. The number of rotatable bonds is 3. The Morgan fingerprint density at radius 3 is 2.77 bits per heavy atom. The number of benzene rings is 1. The van der Waals surface area contributed by atoms with E-state index in [1.807, 2.05) is 6.92 Å². The molecule has 0 aliphatic carbocycles. The molecular weight excluding hydrogens is 190 g/mol. The van der Waals surface area contributed by atoms with E-state index in [9.17, 15) is 10.1 Å². The molecule has 1 aromatic carbocycles. The summed E-state index contributed by atoms with van der Waals surface area (Å²) in [6, 6.07) is 5.02. The molecule has 0 aliphatic rings. The van der Waals surface area contributed by atoms with Gasteiger partial charge in [-0.05, 0) is 12.5 Å². The molecule has 13 heavy (non-hydrogen) atoms. The van der Waals surface area contributed by atoms with Crippen LogP contribution in [-0.4, -0.2) is 4.92 Å². The summed E-state index contributed by atoms with van der Waals surface area (Å²) in [4.78, 5) is 10.2. The summed E-state index contributed by atoms with van der Waals surface area (Å²) in [6.45, 7) is 1.98. The second kappa shape index (κ2) is 4.23. The van der Waals surface area contributed by atoms with Crippen LogP contribution in [0.2, 0.25) is 5.02 Å². The molecule has 0 heterocycles. The lowest BCUT2D eigenvalue weighted by Crippen LogP contribution is -1.95. The highest BCUT2D eigenvalue weighted by molar-refractivity contribution is 6.32. The van der Waals surface area contributed by atoms with Gasteiger partial charge < -0.3 is 0 Å². The molecule has 1 aromatic rings. The van der Waals surface area contributed by atoms with Gasteiger partial charge in [-0.3, -0.25) is 10.1 Å². The number of hydrogen-bond acceptors (Lipinski definition) is 2. The molecule has 0 fully saturated rings. The SMILES string of the molecule is CCCc1cccc(Cl)c1[N+](=O)[O-]. The fraction of sp³-hybridized carbons (Fsp3) is 0.333. The summed E-state index contributed by atoms with van der Waals surface area (Å²) in [5, 5.41) is 10.9. The van der Waals surface area contributed by atoms with E-state index < -0.39 is 4.92 Å². The highest BCUT2D eigenvalue weighted by atomic mass is 35.5. The quantitative estimate of drug-likeness (QED) is 0.554. The largest absolute Gasteiger partial charge is 0.291 e.